The third kappa shape index (κ3) is 1.91. The Balaban J connectivity index is 1.96. The van der Waals surface area contributed by atoms with Gasteiger partial charge in [-0.2, -0.15) is 0 Å². The smallest absolute Gasteiger partial charge is 0.109 e. The molecule has 13 heavy (non-hydrogen) atoms. The molecule has 0 saturated heterocycles. The molecule has 3 heteroatoms. The number of nitrogens with two attached hydrogens (primary N) is 1. The Bertz CT molecular complexity index is 263. The van der Waals surface area contributed by atoms with Crippen molar-refractivity contribution in [1.82, 2.24) is 9.55 Å². The molecule has 3 nitrogen and oxygen atoms in total. The van der Waals surface area contributed by atoms with Gasteiger partial charge in [-0.1, -0.05) is 6.42 Å². The zero-order valence-electron chi connectivity index (χ0n) is 7.95. The average molecular weight is 179 g/mol. The molecule has 1 heterocycles. The third-order valence-corrected chi connectivity index (χ3v) is 2.85. The van der Waals surface area contributed by atoms with Crippen LogP contribution in [0.4, 0.5) is 0 Å². The van der Waals surface area contributed by atoms with Crippen LogP contribution in [0.25, 0.3) is 0 Å². The predicted octanol–water partition coefficient (Wildman–Crippen LogP) is 1.18. The van der Waals surface area contributed by atoms with Crippen LogP contribution in [0, 0.1) is 5.92 Å². The van der Waals surface area contributed by atoms with Crippen LogP contribution in [0.2, 0.25) is 0 Å². The SMILES string of the molecule is NCCc1nccn1CC1CCC1. The van der Waals surface area contributed by atoms with E-state index in [1.807, 2.05) is 6.20 Å². The van der Waals surface area contributed by atoms with Gasteiger partial charge in [-0.05, 0) is 25.3 Å². The molecule has 0 atom stereocenters. The first-order valence-electron chi connectivity index (χ1n) is 5.10. The van der Waals surface area contributed by atoms with Crippen LogP contribution in [-0.2, 0) is 13.0 Å². The molecule has 2 N–H and O–H groups in total. The Kier molecular flexibility index (Phi) is 2.64. The largest absolute Gasteiger partial charge is 0.335 e. The minimum absolute atomic E-state index is 0.696. The second kappa shape index (κ2) is 3.92. The summed E-state index contributed by atoms with van der Waals surface area (Å²) >= 11 is 0. The van der Waals surface area contributed by atoms with Crippen molar-refractivity contribution in [3.8, 4) is 0 Å². The summed E-state index contributed by atoms with van der Waals surface area (Å²) in [5.74, 6) is 2.04. The standard InChI is InChI=1S/C10H17N3/c11-5-4-10-12-6-7-13(10)8-9-2-1-3-9/h6-7,9H,1-5,8,11H2. The molecule has 0 unspecified atom stereocenters. The maximum absolute atomic E-state index is 5.51. The maximum Gasteiger partial charge on any atom is 0.109 e. The van der Waals surface area contributed by atoms with Crippen LogP contribution in [0.15, 0.2) is 12.4 Å². The Hall–Kier alpha value is -0.830. The summed E-state index contributed by atoms with van der Waals surface area (Å²) in [5, 5.41) is 0. The molecule has 72 valence electrons. The lowest BCUT2D eigenvalue weighted by Gasteiger charge is -2.26. The minimum atomic E-state index is 0.696. The number of nitrogens with zero attached hydrogens (tertiary/aromatic N) is 2. The second-order valence-electron chi connectivity index (χ2n) is 3.83. The molecule has 0 amide bonds. The fraction of sp³-hybridized carbons (Fsp3) is 0.700. The highest BCUT2D eigenvalue weighted by atomic mass is 15.1. The van der Waals surface area contributed by atoms with Crippen molar-refractivity contribution in [1.29, 1.82) is 0 Å². The number of imidazole rings is 1. The summed E-state index contributed by atoms with van der Waals surface area (Å²) < 4.78 is 2.26. The number of aromatic nitrogens is 2. The van der Waals surface area contributed by atoms with E-state index in [1.54, 1.807) is 0 Å². The van der Waals surface area contributed by atoms with E-state index in [0.29, 0.717) is 6.54 Å². The first-order valence-corrected chi connectivity index (χ1v) is 5.10. The van der Waals surface area contributed by atoms with Gasteiger partial charge in [-0.25, -0.2) is 4.98 Å². The van der Waals surface area contributed by atoms with Crippen molar-refractivity contribution < 1.29 is 0 Å². The van der Waals surface area contributed by atoms with E-state index in [2.05, 4.69) is 15.7 Å². The number of rotatable bonds is 4. The van der Waals surface area contributed by atoms with Gasteiger partial charge in [0.25, 0.3) is 0 Å². The van der Waals surface area contributed by atoms with E-state index in [-0.39, 0.29) is 0 Å². The van der Waals surface area contributed by atoms with E-state index in [0.717, 1.165) is 24.7 Å². The minimum Gasteiger partial charge on any atom is -0.335 e. The van der Waals surface area contributed by atoms with E-state index < -0.39 is 0 Å². The van der Waals surface area contributed by atoms with Crippen molar-refractivity contribution in [3.05, 3.63) is 18.2 Å². The molecule has 1 aromatic heterocycles. The monoisotopic (exact) mass is 179 g/mol. The molecule has 0 bridgehead atoms. The molecule has 1 fully saturated rings. The van der Waals surface area contributed by atoms with E-state index in [4.69, 9.17) is 5.73 Å². The third-order valence-electron chi connectivity index (χ3n) is 2.85. The van der Waals surface area contributed by atoms with Gasteiger partial charge in [0.15, 0.2) is 0 Å². The molecule has 0 aliphatic heterocycles. The molecule has 0 radical (unpaired) electrons. The summed E-state index contributed by atoms with van der Waals surface area (Å²) in [5.41, 5.74) is 5.51. The van der Waals surface area contributed by atoms with Crippen LogP contribution in [-0.4, -0.2) is 16.1 Å². The van der Waals surface area contributed by atoms with Gasteiger partial charge in [-0.3, -0.25) is 0 Å². The van der Waals surface area contributed by atoms with Gasteiger partial charge >= 0.3 is 0 Å². The molecular formula is C10H17N3. The Morgan fingerprint density at radius 3 is 3.00 bits per heavy atom. The molecule has 2 rings (SSSR count). The zero-order chi connectivity index (χ0) is 9.10. The lowest BCUT2D eigenvalue weighted by atomic mass is 9.85. The molecule has 1 aliphatic carbocycles. The van der Waals surface area contributed by atoms with Crippen molar-refractivity contribution in [2.24, 2.45) is 11.7 Å². The lowest BCUT2D eigenvalue weighted by Crippen LogP contribution is -2.20. The molecule has 0 spiro atoms. The van der Waals surface area contributed by atoms with Gasteiger partial charge in [0.05, 0.1) is 0 Å². The van der Waals surface area contributed by atoms with Crippen LogP contribution in [0.1, 0.15) is 25.1 Å². The van der Waals surface area contributed by atoms with Gasteiger partial charge in [0, 0.05) is 25.4 Å². The summed E-state index contributed by atoms with van der Waals surface area (Å²) in [6, 6.07) is 0. The van der Waals surface area contributed by atoms with E-state index >= 15 is 0 Å². The van der Waals surface area contributed by atoms with Crippen molar-refractivity contribution in [3.63, 3.8) is 0 Å². The number of hydrogen-bond acceptors (Lipinski definition) is 2. The second-order valence-corrected chi connectivity index (χ2v) is 3.83. The Labute approximate surface area is 79.0 Å². The van der Waals surface area contributed by atoms with Gasteiger partial charge < -0.3 is 10.3 Å². The predicted molar refractivity (Wildman–Crippen MR) is 52.3 cm³/mol. The summed E-state index contributed by atoms with van der Waals surface area (Å²) in [7, 11) is 0. The first kappa shape index (κ1) is 8.75. The summed E-state index contributed by atoms with van der Waals surface area (Å²) in [6.45, 7) is 1.84. The molecule has 1 saturated carbocycles. The molecule has 0 aromatic carbocycles. The average Bonchev–Trinajstić information content (AvgIpc) is 2.46. The van der Waals surface area contributed by atoms with E-state index in [9.17, 15) is 0 Å². The number of hydrogen-bond donors (Lipinski definition) is 1. The van der Waals surface area contributed by atoms with Crippen molar-refractivity contribution >= 4 is 0 Å². The highest BCUT2D eigenvalue weighted by Crippen LogP contribution is 2.28. The topological polar surface area (TPSA) is 43.8 Å². The summed E-state index contributed by atoms with van der Waals surface area (Å²) in [4.78, 5) is 4.30. The van der Waals surface area contributed by atoms with Gasteiger partial charge in [-0.15, -0.1) is 0 Å². The van der Waals surface area contributed by atoms with Crippen LogP contribution in [0.5, 0.6) is 0 Å². The van der Waals surface area contributed by atoms with Crippen molar-refractivity contribution in [2.45, 2.75) is 32.2 Å². The van der Waals surface area contributed by atoms with E-state index in [1.165, 1.54) is 19.3 Å². The highest BCUT2D eigenvalue weighted by Gasteiger charge is 2.18. The molecule has 1 aromatic rings. The van der Waals surface area contributed by atoms with Gasteiger partial charge in [0.2, 0.25) is 0 Å². The first-order chi connectivity index (χ1) is 6.40. The zero-order valence-corrected chi connectivity index (χ0v) is 7.95. The summed E-state index contributed by atoms with van der Waals surface area (Å²) in [6.07, 6.45) is 9.04. The fourth-order valence-electron chi connectivity index (χ4n) is 1.82. The molecule has 1 aliphatic rings. The normalized spacial score (nSPS) is 17.3. The van der Waals surface area contributed by atoms with Gasteiger partial charge in [0.1, 0.15) is 5.82 Å². The molecular weight excluding hydrogens is 162 g/mol. The highest BCUT2D eigenvalue weighted by molar-refractivity contribution is 4.93. The van der Waals surface area contributed by atoms with Crippen LogP contribution < -0.4 is 5.73 Å². The Morgan fingerprint density at radius 1 is 1.54 bits per heavy atom. The van der Waals surface area contributed by atoms with Crippen LogP contribution in [0.3, 0.4) is 0 Å². The van der Waals surface area contributed by atoms with Crippen LogP contribution >= 0.6 is 0 Å². The maximum atomic E-state index is 5.51. The lowest BCUT2D eigenvalue weighted by molar-refractivity contribution is 0.274. The quantitative estimate of drug-likeness (QED) is 0.754. The van der Waals surface area contributed by atoms with Crippen molar-refractivity contribution in [2.75, 3.05) is 6.54 Å². The Morgan fingerprint density at radius 2 is 2.38 bits per heavy atom. The fourth-order valence-corrected chi connectivity index (χ4v) is 1.82.